The Morgan fingerprint density at radius 1 is 1.05 bits per heavy atom. The molecular weight excluding hydrogens is 280 g/mol. The lowest BCUT2D eigenvalue weighted by molar-refractivity contribution is 0.726. The maximum atomic E-state index is 6.07. The minimum Gasteiger partial charge on any atom is -0.343 e. The summed E-state index contributed by atoms with van der Waals surface area (Å²) < 4.78 is 2.27. The molecule has 0 radical (unpaired) electrons. The predicted octanol–water partition coefficient (Wildman–Crippen LogP) is 4.45. The highest BCUT2D eigenvalue weighted by atomic mass is 35.5. The first-order chi connectivity index (χ1) is 10.3. The molecule has 0 fully saturated rings. The van der Waals surface area contributed by atoms with Crippen LogP contribution in [-0.4, -0.2) is 11.1 Å². The van der Waals surface area contributed by atoms with Crippen molar-refractivity contribution in [1.82, 2.24) is 9.88 Å². The molecule has 2 aromatic carbocycles. The van der Waals surface area contributed by atoms with E-state index in [4.69, 9.17) is 11.6 Å². The van der Waals surface area contributed by atoms with Crippen LogP contribution in [0.1, 0.15) is 18.1 Å². The van der Waals surface area contributed by atoms with E-state index >= 15 is 0 Å². The second-order valence-corrected chi connectivity index (χ2v) is 5.68. The normalized spacial score (nSPS) is 11.1. The van der Waals surface area contributed by atoms with Crippen molar-refractivity contribution in [2.75, 3.05) is 6.54 Å². The van der Waals surface area contributed by atoms with Crippen LogP contribution < -0.4 is 5.32 Å². The first-order valence-electron chi connectivity index (χ1n) is 7.29. The Kier molecular flexibility index (Phi) is 4.28. The molecule has 0 saturated heterocycles. The summed E-state index contributed by atoms with van der Waals surface area (Å²) in [6.07, 6.45) is 2.14. The molecule has 0 aliphatic rings. The molecule has 0 spiro atoms. The minimum absolute atomic E-state index is 0.789. The van der Waals surface area contributed by atoms with Crippen molar-refractivity contribution in [3.05, 3.63) is 70.9 Å². The van der Waals surface area contributed by atoms with E-state index in [1.165, 1.54) is 22.0 Å². The highest BCUT2D eigenvalue weighted by molar-refractivity contribution is 6.30. The van der Waals surface area contributed by atoms with Crippen molar-refractivity contribution in [2.24, 2.45) is 0 Å². The fourth-order valence-electron chi connectivity index (χ4n) is 2.58. The van der Waals surface area contributed by atoms with Crippen LogP contribution in [-0.2, 0) is 13.1 Å². The van der Waals surface area contributed by atoms with Gasteiger partial charge in [-0.15, -0.1) is 0 Å². The van der Waals surface area contributed by atoms with Crippen molar-refractivity contribution in [3.8, 4) is 0 Å². The molecule has 0 aliphatic heterocycles. The van der Waals surface area contributed by atoms with Gasteiger partial charge in [0.25, 0.3) is 0 Å². The Bertz CT molecular complexity index is 746. The van der Waals surface area contributed by atoms with Gasteiger partial charge in [0, 0.05) is 29.8 Å². The lowest BCUT2D eigenvalue weighted by Crippen LogP contribution is -2.11. The van der Waals surface area contributed by atoms with E-state index in [-0.39, 0.29) is 0 Å². The molecule has 108 valence electrons. The third kappa shape index (κ3) is 3.29. The van der Waals surface area contributed by atoms with Gasteiger partial charge < -0.3 is 9.88 Å². The zero-order chi connectivity index (χ0) is 14.7. The quantitative estimate of drug-likeness (QED) is 0.736. The molecule has 0 amide bonds. The number of fused-ring (bicyclic) bond motifs is 1. The molecule has 0 saturated carbocycles. The summed E-state index contributed by atoms with van der Waals surface area (Å²) in [7, 11) is 0. The summed E-state index contributed by atoms with van der Waals surface area (Å²) in [6.45, 7) is 4.87. The van der Waals surface area contributed by atoms with Gasteiger partial charge in [-0.1, -0.05) is 42.8 Å². The lowest BCUT2D eigenvalue weighted by atomic mass is 10.1. The van der Waals surface area contributed by atoms with Gasteiger partial charge >= 0.3 is 0 Å². The van der Waals surface area contributed by atoms with Crippen molar-refractivity contribution >= 4 is 22.5 Å². The van der Waals surface area contributed by atoms with Gasteiger partial charge in [0.05, 0.1) is 0 Å². The SMILES string of the molecule is CCNCc1ccc2ccn(Cc3cccc(Cl)c3)c2c1. The van der Waals surface area contributed by atoms with Crippen LogP contribution in [0.2, 0.25) is 5.02 Å². The summed E-state index contributed by atoms with van der Waals surface area (Å²) >= 11 is 6.07. The average molecular weight is 299 g/mol. The maximum Gasteiger partial charge on any atom is 0.0486 e. The molecule has 21 heavy (non-hydrogen) atoms. The molecule has 3 rings (SSSR count). The highest BCUT2D eigenvalue weighted by Crippen LogP contribution is 2.20. The molecule has 0 atom stereocenters. The number of rotatable bonds is 5. The Morgan fingerprint density at radius 2 is 1.95 bits per heavy atom. The van der Waals surface area contributed by atoms with Gasteiger partial charge in [-0.25, -0.2) is 0 Å². The molecule has 0 bridgehead atoms. The van der Waals surface area contributed by atoms with E-state index in [0.29, 0.717) is 0 Å². The Balaban J connectivity index is 1.91. The van der Waals surface area contributed by atoms with Crippen LogP contribution >= 0.6 is 11.6 Å². The smallest absolute Gasteiger partial charge is 0.0486 e. The van der Waals surface area contributed by atoms with Gasteiger partial charge in [0.2, 0.25) is 0 Å². The number of hydrogen-bond donors (Lipinski definition) is 1. The number of nitrogens with one attached hydrogen (secondary N) is 1. The maximum absolute atomic E-state index is 6.07. The molecule has 1 heterocycles. The molecular formula is C18H19ClN2. The predicted molar refractivity (Wildman–Crippen MR) is 89.9 cm³/mol. The summed E-state index contributed by atoms with van der Waals surface area (Å²) in [6, 6.07) is 16.9. The Labute approximate surface area is 130 Å². The van der Waals surface area contributed by atoms with Crippen LogP contribution in [0.4, 0.5) is 0 Å². The molecule has 1 aromatic heterocycles. The monoisotopic (exact) mass is 298 g/mol. The van der Waals surface area contributed by atoms with Crippen LogP contribution in [0.5, 0.6) is 0 Å². The van der Waals surface area contributed by atoms with E-state index in [1.807, 2.05) is 18.2 Å². The first-order valence-corrected chi connectivity index (χ1v) is 7.67. The molecule has 1 N–H and O–H groups in total. The van der Waals surface area contributed by atoms with E-state index in [0.717, 1.165) is 24.7 Å². The second-order valence-electron chi connectivity index (χ2n) is 5.25. The topological polar surface area (TPSA) is 17.0 Å². The molecule has 0 unspecified atom stereocenters. The number of benzene rings is 2. The van der Waals surface area contributed by atoms with Crippen LogP contribution in [0.25, 0.3) is 10.9 Å². The van der Waals surface area contributed by atoms with Gasteiger partial charge in [-0.2, -0.15) is 0 Å². The summed E-state index contributed by atoms with van der Waals surface area (Å²) in [5, 5.41) is 5.44. The Morgan fingerprint density at radius 3 is 2.76 bits per heavy atom. The summed E-state index contributed by atoms with van der Waals surface area (Å²) in [5.41, 5.74) is 3.80. The summed E-state index contributed by atoms with van der Waals surface area (Å²) in [4.78, 5) is 0. The second kappa shape index (κ2) is 6.33. The van der Waals surface area contributed by atoms with Crippen molar-refractivity contribution in [3.63, 3.8) is 0 Å². The third-order valence-electron chi connectivity index (χ3n) is 3.66. The van der Waals surface area contributed by atoms with Crippen molar-refractivity contribution < 1.29 is 0 Å². The van der Waals surface area contributed by atoms with E-state index < -0.39 is 0 Å². The van der Waals surface area contributed by atoms with Crippen LogP contribution in [0.3, 0.4) is 0 Å². The lowest BCUT2D eigenvalue weighted by Gasteiger charge is -2.08. The number of nitrogens with zero attached hydrogens (tertiary/aromatic N) is 1. The minimum atomic E-state index is 0.789. The standard InChI is InChI=1S/C18H19ClN2/c1-2-20-12-14-6-7-16-8-9-21(18(16)11-14)13-15-4-3-5-17(19)10-15/h3-11,20H,2,12-13H2,1H3. The largest absolute Gasteiger partial charge is 0.343 e. The van der Waals surface area contributed by atoms with E-state index in [1.54, 1.807) is 0 Å². The molecule has 0 aliphatic carbocycles. The van der Waals surface area contributed by atoms with Gasteiger partial charge in [-0.05, 0) is 47.3 Å². The number of hydrogen-bond acceptors (Lipinski definition) is 1. The van der Waals surface area contributed by atoms with Crippen LogP contribution in [0, 0.1) is 0 Å². The summed E-state index contributed by atoms with van der Waals surface area (Å²) in [5.74, 6) is 0. The zero-order valence-corrected chi connectivity index (χ0v) is 12.9. The number of halogens is 1. The fraction of sp³-hybridized carbons (Fsp3) is 0.222. The van der Waals surface area contributed by atoms with Gasteiger partial charge in [-0.3, -0.25) is 0 Å². The molecule has 3 heteroatoms. The highest BCUT2D eigenvalue weighted by Gasteiger charge is 2.04. The number of aromatic nitrogens is 1. The van der Waals surface area contributed by atoms with E-state index in [9.17, 15) is 0 Å². The Hall–Kier alpha value is -1.77. The van der Waals surface area contributed by atoms with Gasteiger partial charge in [0.1, 0.15) is 0 Å². The third-order valence-corrected chi connectivity index (χ3v) is 3.89. The fourth-order valence-corrected chi connectivity index (χ4v) is 2.79. The van der Waals surface area contributed by atoms with Crippen LogP contribution in [0.15, 0.2) is 54.7 Å². The van der Waals surface area contributed by atoms with Crippen molar-refractivity contribution in [2.45, 2.75) is 20.0 Å². The van der Waals surface area contributed by atoms with E-state index in [2.05, 4.69) is 53.3 Å². The zero-order valence-electron chi connectivity index (χ0n) is 12.1. The van der Waals surface area contributed by atoms with Crippen molar-refractivity contribution in [1.29, 1.82) is 0 Å². The van der Waals surface area contributed by atoms with Gasteiger partial charge in [0.15, 0.2) is 0 Å². The molecule has 3 aromatic rings. The first kappa shape index (κ1) is 14.2. The molecule has 2 nitrogen and oxygen atoms in total. The average Bonchev–Trinajstić information content (AvgIpc) is 2.88.